The number of nitriles is 1. The van der Waals surface area contributed by atoms with Crippen LogP contribution in [-0.4, -0.2) is 63.1 Å². The molecule has 1 atom stereocenters. The summed E-state index contributed by atoms with van der Waals surface area (Å²) in [5.74, 6) is -0.326. The molecule has 1 aliphatic carbocycles. The lowest BCUT2D eigenvalue weighted by Crippen LogP contribution is -2.44. The van der Waals surface area contributed by atoms with Crippen molar-refractivity contribution >= 4 is 50.0 Å². The number of carbonyl (C=O) groups excluding carboxylic acids is 1. The molecule has 2 fully saturated rings. The summed E-state index contributed by atoms with van der Waals surface area (Å²) in [4.78, 5) is 23.3. The zero-order chi connectivity index (χ0) is 28.4. The fourth-order valence-corrected chi connectivity index (χ4v) is 5.46. The molecule has 1 unspecified atom stereocenters. The van der Waals surface area contributed by atoms with Crippen molar-refractivity contribution in [3.8, 4) is 18.4 Å². The number of aromatic amines is 1. The summed E-state index contributed by atoms with van der Waals surface area (Å²) in [5, 5.41) is 21.7. The Morgan fingerprint density at radius 3 is 2.58 bits per heavy atom. The van der Waals surface area contributed by atoms with Crippen LogP contribution in [0.3, 0.4) is 0 Å². The van der Waals surface area contributed by atoms with Gasteiger partial charge in [-0.05, 0) is 24.8 Å². The van der Waals surface area contributed by atoms with E-state index in [1.807, 2.05) is 20.2 Å². The minimum atomic E-state index is -1.51. The van der Waals surface area contributed by atoms with Crippen molar-refractivity contribution in [2.45, 2.75) is 23.7 Å². The van der Waals surface area contributed by atoms with Crippen molar-refractivity contribution in [3.05, 3.63) is 46.5 Å². The molecular weight excluding hydrogens is 562 g/mol. The first-order valence-corrected chi connectivity index (χ1v) is 13.6. The third-order valence-corrected chi connectivity index (χ3v) is 8.29. The molecule has 0 spiro atoms. The number of anilines is 3. The predicted octanol–water partition coefficient (Wildman–Crippen LogP) is 2.80. The van der Waals surface area contributed by atoms with Crippen molar-refractivity contribution in [1.82, 2.24) is 29.8 Å². The highest BCUT2D eigenvalue weighted by Gasteiger charge is 2.28. The molecular formula is C25H23F3N9OPS. The Kier molecular flexibility index (Phi) is 8.12. The van der Waals surface area contributed by atoms with Gasteiger partial charge in [0.15, 0.2) is 23.3 Å². The Labute approximate surface area is 234 Å². The second-order valence-electron chi connectivity index (χ2n) is 9.11. The maximum absolute atomic E-state index is 14.6. The highest BCUT2D eigenvalue weighted by atomic mass is 32.2. The lowest BCUT2D eigenvalue weighted by molar-refractivity contribution is 0.0953. The second-order valence-corrected chi connectivity index (χ2v) is 10.8. The zero-order valence-corrected chi connectivity index (χ0v) is 22.9. The molecule has 0 radical (unpaired) electrons. The third-order valence-electron chi connectivity index (χ3n) is 6.33. The summed E-state index contributed by atoms with van der Waals surface area (Å²) in [7, 11) is 2.04. The molecule has 206 valence electrons. The van der Waals surface area contributed by atoms with E-state index in [2.05, 4.69) is 36.7 Å². The first kappa shape index (κ1) is 27.7. The Morgan fingerprint density at radius 2 is 1.90 bits per heavy atom. The van der Waals surface area contributed by atoms with Gasteiger partial charge in [-0.1, -0.05) is 5.92 Å². The maximum Gasteiger partial charge on any atom is 0.270 e. The molecule has 0 bridgehead atoms. The van der Waals surface area contributed by atoms with Crippen LogP contribution in [0.1, 0.15) is 40.5 Å². The molecule has 1 aliphatic heterocycles. The number of carbonyl (C=O) groups is 1. The number of aromatic nitrogens is 4. The molecule has 1 saturated carbocycles. The standard InChI is InChI=1S/C25H23F3N9OPS/c1-2-5-30-24(38)16-11-17(32-18-10-15(34-35-18)13-3-4-13)33-25(31-16)36-6-8-37(9-7-36)40-23-21(28)19(26)14(12-29)20(27)22(23)39/h1,10-11,13H,3-9,39H2,(H,30,38)(H2,31,32,33,34,35). The molecule has 2 aliphatic rings. The number of hydrogen-bond acceptors (Lipinski definition) is 9. The van der Waals surface area contributed by atoms with E-state index in [9.17, 15) is 18.0 Å². The summed E-state index contributed by atoms with van der Waals surface area (Å²) < 4.78 is 45.0. The SMILES string of the molecule is C#CCNC(=O)c1cc(Nc2cc(C3CC3)[nH]n2)nc(N2CCN(Sc3c(F)c(F)c(C#N)c(F)c3P)CC2)n1. The second kappa shape index (κ2) is 11.7. The van der Waals surface area contributed by atoms with E-state index in [0.717, 1.165) is 30.5 Å². The van der Waals surface area contributed by atoms with Crippen LogP contribution in [0.2, 0.25) is 0 Å². The fraction of sp³-hybridized carbons (Fsp3) is 0.320. The maximum atomic E-state index is 14.6. The van der Waals surface area contributed by atoms with Gasteiger partial charge in [0.1, 0.15) is 23.1 Å². The summed E-state index contributed by atoms with van der Waals surface area (Å²) in [6, 6.07) is 4.77. The van der Waals surface area contributed by atoms with Gasteiger partial charge in [-0.3, -0.25) is 9.89 Å². The number of nitrogens with one attached hydrogen (secondary N) is 3. The third kappa shape index (κ3) is 5.85. The number of benzene rings is 1. The first-order valence-electron chi connectivity index (χ1n) is 12.3. The van der Waals surface area contributed by atoms with Gasteiger partial charge in [0.25, 0.3) is 5.91 Å². The van der Waals surface area contributed by atoms with Gasteiger partial charge in [-0.25, -0.2) is 22.5 Å². The summed E-state index contributed by atoms with van der Waals surface area (Å²) in [5.41, 5.74) is 0.184. The topological polar surface area (TPSA) is 126 Å². The highest BCUT2D eigenvalue weighted by molar-refractivity contribution is 7.97. The number of halogens is 3. The van der Waals surface area contributed by atoms with E-state index in [-0.39, 0.29) is 28.4 Å². The molecule has 40 heavy (non-hydrogen) atoms. The molecule has 2 aromatic heterocycles. The van der Waals surface area contributed by atoms with Gasteiger partial charge in [-0.2, -0.15) is 15.3 Å². The number of H-pyrrole nitrogens is 1. The average Bonchev–Trinajstić information content (AvgIpc) is 3.72. The molecule has 1 saturated heterocycles. The average molecular weight is 586 g/mol. The van der Waals surface area contributed by atoms with Gasteiger partial charge in [0.05, 0.1) is 11.4 Å². The Bertz CT molecular complexity index is 1510. The van der Waals surface area contributed by atoms with Crippen molar-refractivity contribution in [2.24, 2.45) is 0 Å². The van der Waals surface area contributed by atoms with Crippen LogP contribution < -0.4 is 20.8 Å². The monoisotopic (exact) mass is 585 g/mol. The van der Waals surface area contributed by atoms with Crippen LogP contribution in [0.5, 0.6) is 0 Å². The van der Waals surface area contributed by atoms with Crippen LogP contribution in [0.4, 0.5) is 30.8 Å². The highest BCUT2D eigenvalue weighted by Crippen LogP contribution is 2.39. The number of nitrogens with zero attached hydrogens (tertiary/aromatic N) is 6. The van der Waals surface area contributed by atoms with E-state index in [1.165, 1.54) is 12.1 Å². The van der Waals surface area contributed by atoms with E-state index in [0.29, 0.717) is 43.7 Å². The number of terminal acetylenes is 1. The van der Waals surface area contributed by atoms with Crippen LogP contribution in [0, 0.1) is 41.1 Å². The molecule has 5 rings (SSSR count). The predicted molar refractivity (Wildman–Crippen MR) is 147 cm³/mol. The lowest BCUT2D eigenvalue weighted by atomic mass is 10.2. The molecule has 3 N–H and O–H groups in total. The van der Waals surface area contributed by atoms with Gasteiger partial charge in [0.2, 0.25) is 5.95 Å². The summed E-state index contributed by atoms with van der Waals surface area (Å²) in [6.45, 7) is 1.52. The molecule has 10 nitrogen and oxygen atoms in total. The normalized spacial score (nSPS) is 15.4. The number of piperazine rings is 1. The quantitative estimate of drug-likeness (QED) is 0.158. The minimum absolute atomic E-state index is 0.0335. The van der Waals surface area contributed by atoms with Crippen molar-refractivity contribution < 1.29 is 18.0 Å². The molecule has 3 heterocycles. The van der Waals surface area contributed by atoms with Gasteiger partial charge in [0, 0.05) is 55.2 Å². The van der Waals surface area contributed by atoms with Crippen molar-refractivity contribution in [3.63, 3.8) is 0 Å². The van der Waals surface area contributed by atoms with Crippen molar-refractivity contribution in [1.29, 1.82) is 5.26 Å². The van der Waals surface area contributed by atoms with E-state index in [4.69, 9.17) is 11.7 Å². The fourth-order valence-electron chi connectivity index (χ4n) is 4.07. The molecule has 1 amide bonds. The van der Waals surface area contributed by atoms with Gasteiger partial charge >= 0.3 is 0 Å². The Balaban J connectivity index is 1.32. The Morgan fingerprint density at radius 1 is 1.15 bits per heavy atom. The number of hydrogen-bond donors (Lipinski definition) is 3. The van der Waals surface area contributed by atoms with Crippen LogP contribution >= 0.6 is 21.2 Å². The summed E-state index contributed by atoms with van der Waals surface area (Å²) in [6.07, 6.45) is 7.49. The van der Waals surface area contributed by atoms with Gasteiger partial charge < -0.3 is 15.5 Å². The van der Waals surface area contributed by atoms with E-state index >= 15 is 0 Å². The molecule has 1 aromatic carbocycles. The van der Waals surface area contributed by atoms with Crippen LogP contribution in [0.25, 0.3) is 0 Å². The zero-order valence-electron chi connectivity index (χ0n) is 21.0. The van der Waals surface area contributed by atoms with Gasteiger partial charge in [-0.15, -0.1) is 15.7 Å². The van der Waals surface area contributed by atoms with Crippen molar-refractivity contribution in [2.75, 3.05) is 42.9 Å². The largest absolute Gasteiger partial charge is 0.340 e. The van der Waals surface area contributed by atoms with E-state index < -0.39 is 28.9 Å². The summed E-state index contributed by atoms with van der Waals surface area (Å²) >= 11 is 0.868. The number of amides is 1. The lowest BCUT2D eigenvalue weighted by Gasteiger charge is -2.34. The smallest absolute Gasteiger partial charge is 0.270 e. The molecule has 3 aromatic rings. The van der Waals surface area contributed by atoms with Crippen LogP contribution in [-0.2, 0) is 0 Å². The van der Waals surface area contributed by atoms with Crippen LogP contribution in [0.15, 0.2) is 17.0 Å². The van der Waals surface area contributed by atoms with E-state index in [1.54, 1.807) is 4.31 Å². The Hall–Kier alpha value is -3.84. The molecule has 15 heteroatoms. The first-order chi connectivity index (χ1) is 19.3. The number of rotatable bonds is 8. The minimum Gasteiger partial charge on any atom is -0.340 e.